The molecule has 0 saturated heterocycles. The Morgan fingerprint density at radius 2 is 1.90 bits per heavy atom. The number of H-pyrrole nitrogens is 2. The molecule has 29 heavy (non-hydrogen) atoms. The molecule has 146 valence electrons. The lowest BCUT2D eigenvalue weighted by Crippen LogP contribution is -2.04. The summed E-state index contributed by atoms with van der Waals surface area (Å²) in [6.07, 6.45) is 0. The highest BCUT2D eigenvalue weighted by molar-refractivity contribution is 6.34. The number of aliphatic hydroxyl groups is 1. The number of carboxylic acids is 1. The summed E-state index contributed by atoms with van der Waals surface area (Å²) in [5.41, 5.74) is 4.99. The molecule has 1 heterocycles. The highest BCUT2D eigenvalue weighted by Gasteiger charge is 2.17. The Morgan fingerprint density at radius 1 is 1.14 bits per heavy atom. The van der Waals surface area contributed by atoms with E-state index in [0.29, 0.717) is 22.3 Å². The fourth-order valence-corrected chi connectivity index (χ4v) is 3.40. The van der Waals surface area contributed by atoms with Gasteiger partial charge in [0.2, 0.25) is 0 Å². The van der Waals surface area contributed by atoms with E-state index >= 15 is 0 Å². The van der Waals surface area contributed by atoms with Crippen molar-refractivity contribution in [3.63, 3.8) is 0 Å². The molecule has 0 saturated carbocycles. The third-order valence-electron chi connectivity index (χ3n) is 4.71. The Balaban J connectivity index is 1.68. The Labute approximate surface area is 171 Å². The summed E-state index contributed by atoms with van der Waals surface area (Å²) in [5.74, 6) is -0.598. The predicted octanol–water partition coefficient (Wildman–Crippen LogP) is 4.59. The lowest BCUT2D eigenvalue weighted by molar-refractivity contribution is -0.359. The van der Waals surface area contributed by atoms with E-state index in [9.17, 15) is 15.0 Å². The van der Waals surface area contributed by atoms with E-state index in [-0.39, 0.29) is 12.2 Å². The fraction of sp³-hybridized carbons (Fsp3) is 0.0909. The van der Waals surface area contributed by atoms with Gasteiger partial charge in [0.15, 0.2) is 11.0 Å². The van der Waals surface area contributed by atoms with Gasteiger partial charge in [-0.15, -0.1) is 0 Å². The van der Waals surface area contributed by atoms with E-state index in [1.807, 2.05) is 30.3 Å². The van der Waals surface area contributed by atoms with Gasteiger partial charge in [-0.25, -0.2) is 14.8 Å². The molecule has 3 aromatic carbocycles. The third kappa shape index (κ3) is 3.81. The van der Waals surface area contributed by atoms with Crippen molar-refractivity contribution in [1.82, 2.24) is 4.98 Å². The van der Waals surface area contributed by atoms with Gasteiger partial charge in [-0.1, -0.05) is 41.9 Å². The zero-order valence-electron chi connectivity index (χ0n) is 15.5. The van der Waals surface area contributed by atoms with Crippen molar-refractivity contribution in [1.29, 1.82) is 0 Å². The standard InChI is InChI=1S/C22H17ClN2O4/c1-12-2-7-15(8-16(12)21(27)28)29-22-24-19-9-17(18(23)10-20(19)25-22)14-5-3-13(11-26)4-6-14/h2-10,26H,11H2,1H3,(H,24,25)(H,27,28)/p+1. The summed E-state index contributed by atoms with van der Waals surface area (Å²) in [6.45, 7) is 1.72. The van der Waals surface area contributed by atoms with Crippen molar-refractivity contribution >= 4 is 28.6 Å². The van der Waals surface area contributed by atoms with Crippen molar-refractivity contribution in [2.75, 3.05) is 0 Å². The van der Waals surface area contributed by atoms with Gasteiger partial charge < -0.3 is 14.9 Å². The number of ether oxygens (including phenoxy) is 1. The maximum atomic E-state index is 11.3. The lowest BCUT2D eigenvalue weighted by atomic mass is 10.0. The number of carboxylic acid groups (broad SMARTS) is 1. The maximum absolute atomic E-state index is 11.3. The van der Waals surface area contributed by atoms with E-state index < -0.39 is 5.97 Å². The number of aromatic carboxylic acids is 1. The average molecular weight is 410 g/mol. The molecule has 4 N–H and O–H groups in total. The van der Waals surface area contributed by atoms with Crippen LogP contribution in [0.5, 0.6) is 11.8 Å². The number of hydrogen-bond donors (Lipinski definition) is 3. The van der Waals surface area contributed by atoms with Crippen LogP contribution in [0.25, 0.3) is 22.2 Å². The molecule has 0 aliphatic heterocycles. The number of aromatic amines is 2. The minimum absolute atomic E-state index is 0.0120. The fourth-order valence-electron chi connectivity index (χ4n) is 3.13. The Morgan fingerprint density at radius 3 is 2.59 bits per heavy atom. The number of imidazole rings is 1. The first-order valence-corrected chi connectivity index (χ1v) is 9.29. The number of hydrogen-bond acceptors (Lipinski definition) is 3. The molecule has 7 heteroatoms. The van der Waals surface area contributed by atoms with E-state index in [1.54, 1.807) is 25.1 Å². The number of carbonyl (C=O) groups is 1. The minimum atomic E-state index is -1.00. The second-order valence-corrected chi connectivity index (χ2v) is 7.10. The third-order valence-corrected chi connectivity index (χ3v) is 5.02. The summed E-state index contributed by atoms with van der Waals surface area (Å²) in [5, 5.41) is 19.0. The van der Waals surface area contributed by atoms with Gasteiger partial charge in [0.25, 0.3) is 0 Å². The molecular formula is C22H18ClN2O4+. The Kier molecular flexibility index (Phi) is 4.96. The predicted molar refractivity (Wildman–Crippen MR) is 109 cm³/mol. The van der Waals surface area contributed by atoms with Crippen LogP contribution in [-0.4, -0.2) is 21.2 Å². The molecule has 4 rings (SSSR count). The topological polar surface area (TPSA) is 96.7 Å². The minimum Gasteiger partial charge on any atom is -0.478 e. The smallest absolute Gasteiger partial charge is 0.458 e. The first kappa shape index (κ1) is 19.0. The van der Waals surface area contributed by atoms with Crippen LogP contribution in [0.1, 0.15) is 21.5 Å². The first-order chi connectivity index (χ1) is 13.9. The van der Waals surface area contributed by atoms with Gasteiger partial charge in [-0.05, 0) is 41.8 Å². The lowest BCUT2D eigenvalue weighted by Gasteiger charge is -2.04. The van der Waals surface area contributed by atoms with Gasteiger partial charge in [-0.2, -0.15) is 0 Å². The van der Waals surface area contributed by atoms with Gasteiger partial charge in [0, 0.05) is 11.6 Å². The Hall–Kier alpha value is -3.35. The normalized spacial score (nSPS) is 11.0. The van der Waals surface area contributed by atoms with Gasteiger partial charge in [0.1, 0.15) is 5.75 Å². The summed E-state index contributed by atoms with van der Waals surface area (Å²) >= 11 is 6.46. The second kappa shape index (κ2) is 7.58. The van der Waals surface area contributed by atoms with Gasteiger partial charge in [0.05, 0.1) is 17.2 Å². The van der Waals surface area contributed by atoms with Crippen molar-refractivity contribution in [3.8, 4) is 22.9 Å². The van der Waals surface area contributed by atoms with Crippen LogP contribution in [0, 0.1) is 6.92 Å². The molecule has 1 aromatic heterocycles. The van der Waals surface area contributed by atoms with Crippen LogP contribution in [0.3, 0.4) is 0 Å². The molecule has 0 unspecified atom stereocenters. The number of benzene rings is 3. The largest absolute Gasteiger partial charge is 0.478 e. The second-order valence-electron chi connectivity index (χ2n) is 6.70. The van der Waals surface area contributed by atoms with Crippen molar-refractivity contribution in [3.05, 3.63) is 76.3 Å². The summed E-state index contributed by atoms with van der Waals surface area (Å²) in [7, 11) is 0. The first-order valence-electron chi connectivity index (χ1n) is 8.91. The summed E-state index contributed by atoms with van der Waals surface area (Å²) in [4.78, 5) is 17.6. The molecule has 0 aliphatic rings. The van der Waals surface area contributed by atoms with Crippen LogP contribution >= 0.6 is 11.6 Å². The van der Waals surface area contributed by atoms with Crippen LogP contribution in [-0.2, 0) is 6.61 Å². The Bertz CT molecular complexity index is 1220. The monoisotopic (exact) mass is 409 g/mol. The number of aliphatic hydroxyl groups excluding tert-OH is 1. The number of fused-ring (bicyclic) bond motifs is 1. The number of aromatic nitrogens is 2. The van der Waals surface area contributed by atoms with Crippen LogP contribution in [0.2, 0.25) is 5.02 Å². The van der Waals surface area contributed by atoms with Gasteiger partial charge >= 0.3 is 12.0 Å². The number of halogens is 1. The molecule has 0 radical (unpaired) electrons. The molecule has 0 aliphatic carbocycles. The van der Waals surface area contributed by atoms with Crippen LogP contribution < -0.4 is 9.72 Å². The molecular weight excluding hydrogens is 392 g/mol. The SMILES string of the molecule is Cc1ccc(Oc2[nH]c3cc(Cl)c(-c4ccc(CO)cc4)cc3[nH+]2)cc1C(=O)O. The summed E-state index contributed by atoms with van der Waals surface area (Å²) < 4.78 is 5.78. The quantitative estimate of drug-likeness (QED) is 0.449. The zero-order chi connectivity index (χ0) is 20.5. The molecule has 0 atom stereocenters. The number of nitrogens with one attached hydrogen (secondary N) is 2. The molecule has 0 bridgehead atoms. The molecule has 0 amide bonds. The van der Waals surface area contributed by atoms with E-state index in [2.05, 4.69) is 9.97 Å². The van der Waals surface area contributed by atoms with Gasteiger partial charge in [-0.3, -0.25) is 0 Å². The molecule has 0 spiro atoms. The van der Waals surface area contributed by atoms with E-state index in [4.69, 9.17) is 16.3 Å². The van der Waals surface area contributed by atoms with Crippen molar-refractivity contribution < 1.29 is 24.7 Å². The van der Waals surface area contributed by atoms with E-state index in [1.165, 1.54) is 6.07 Å². The highest BCUT2D eigenvalue weighted by Crippen LogP contribution is 2.32. The number of rotatable bonds is 5. The van der Waals surface area contributed by atoms with E-state index in [0.717, 1.165) is 27.7 Å². The van der Waals surface area contributed by atoms with Crippen LogP contribution in [0.15, 0.2) is 54.6 Å². The van der Waals surface area contributed by atoms with Crippen molar-refractivity contribution in [2.45, 2.75) is 13.5 Å². The highest BCUT2D eigenvalue weighted by atomic mass is 35.5. The molecule has 6 nitrogen and oxygen atoms in total. The zero-order valence-corrected chi connectivity index (χ0v) is 16.2. The summed E-state index contributed by atoms with van der Waals surface area (Å²) in [6, 6.07) is 16.5. The number of aryl methyl sites for hydroxylation is 1. The molecule has 4 aromatic rings. The van der Waals surface area contributed by atoms with Crippen molar-refractivity contribution in [2.24, 2.45) is 0 Å². The van der Waals surface area contributed by atoms with Crippen LogP contribution in [0.4, 0.5) is 0 Å². The maximum Gasteiger partial charge on any atom is 0.458 e. The average Bonchev–Trinajstić information content (AvgIpc) is 3.09. The molecule has 0 fully saturated rings.